The molecule has 0 bridgehead atoms. The van der Waals surface area contributed by atoms with Gasteiger partial charge in [0.1, 0.15) is 11.5 Å². The van der Waals surface area contributed by atoms with E-state index in [4.69, 9.17) is 16.3 Å². The zero-order chi connectivity index (χ0) is 47.9. The van der Waals surface area contributed by atoms with Gasteiger partial charge in [-0.1, -0.05) is 189 Å². The number of rotatable bonds is 5. The molecule has 72 heavy (non-hydrogen) atoms. The number of nitrogens with zero attached hydrogens (tertiary/aromatic N) is 1. The average molecular weight is 959 g/mol. The van der Waals surface area contributed by atoms with Crippen LogP contribution >= 0.6 is 22.9 Å². The highest BCUT2D eigenvalue weighted by atomic mass is 35.5. The summed E-state index contributed by atoms with van der Waals surface area (Å²) in [5.41, 5.74) is 19.6. The van der Waals surface area contributed by atoms with Crippen LogP contribution in [0.3, 0.4) is 0 Å². The topological polar surface area (TPSA) is 12.5 Å². The molecule has 3 aliphatic rings. The fraction of sp³-hybridized carbons (Fsp3) is 0.0588. The van der Waals surface area contributed by atoms with Gasteiger partial charge in [0.05, 0.1) is 11.1 Å². The Kier molecular flexibility index (Phi) is 8.89. The van der Waals surface area contributed by atoms with E-state index >= 15 is 0 Å². The molecule has 1 unspecified atom stereocenters. The van der Waals surface area contributed by atoms with Gasteiger partial charge in [0.25, 0.3) is 0 Å². The number of ether oxygens (including phenoxy) is 1. The Bertz CT molecular complexity index is 4250. The molecule has 2 heterocycles. The van der Waals surface area contributed by atoms with Crippen molar-refractivity contribution < 1.29 is 4.74 Å². The second kappa shape index (κ2) is 15.4. The molecule has 0 fully saturated rings. The molecule has 2 aliphatic carbocycles. The van der Waals surface area contributed by atoms with Gasteiger partial charge in [-0.15, -0.1) is 11.3 Å². The molecule has 0 saturated heterocycles. The van der Waals surface area contributed by atoms with Crippen molar-refractivity contribution in [2.24, 2.45) is 0 Å². The molecule has 1 spiro atoms. The lowest BCUT2D eigenvalue weighted by atomic mass is 9.66. The number of hydrogen-bond acceptors (Lipinski definition) is 3. The molecule has 0 saturated carbocycles. The summed E-state index contributed by atoms with van der Waals surface area (Å²) in [4.78, 5) is 2.52. The summed E-state index contributed by atoms with van der Waals surface area (Å²) < 4.78 is 9.30. The summed E-state index contributed by atoms with van der Waals surface area (Å²) in [5.74, 6) is 1.66. The first-order chi connectivity index (χ1) is 35.4. The highest BCUT2D eigenvalue weighted by Crippen LogP contribution is 2.64. The number of thiophene rings is 1. The maximum absolute atomic E-state index is 7.00. The van der Waals surface area contributed by atoms with Crippen molar-refractivity contribution in [2.45, 2.75) is 24.7 Å². The molecule has 4 heteroatoms. The van der Waals surface area contributed by atoms with Gasteiger partial charge in [0.2, 0.25) is 0 Å². The molecular weight excluding hydrogens is 914 g/mol. The van der Waals surface area contributed by atoms with Gasteiger partial charge in [-0.05, 0) is 133 Å². The molecule has 0 radical (unpaired) electrons. The van der Waals surface area contributed by atoms with Crippen LogP contribution in [0.2, 0.25) is 5.02 Å². The quantitative estimate of drug-likeness (QED) is 0.170. The van der Waals surface area contributed by atoms with E-state index in [-0.39, 0.29) is 5.41 Å². The molecule has 340 valence electrons. The third kappa shape index (κ3) is 5.78. The average Bonchev–Trinajstić information content (AvgIpc) is 4.03. The number of halogens is 1. The summed E-state index contributed by atoms with van der Waals surface area (Å²) in [6.45, 7) is 4.71. The standard InChI is InChI=1S/C68H44ClNOS/c1-67(2)55-22-8-5-18-49(55)50-35-31-43(37-59(50)67)41-29-33-45(34-30-41)70(46-39-53(48-21-13-16-42-15-3-4-17-47(42)48)66-54(40-46)51-19-7-12-28-64(51)72-66)61-26-14-25-58-65(61)52-20-6-9-23-56(52)68(58)57-24-10-11-27-62(57)71-63-36-32-44(69)38-60(63)68/h3-40H,1-2H3. The third-order valence-corrected chi connectivity index (χ3v) is 17.4. The van der Waals surface area contributed by atoms with Crippen molar-refractivity contribution >= 4 is 70.9 Å². The monoisotopic (exact) mass is 957 g/mol. The Morgan fingerprint density at radius 2 is 1.07 bits per heavy atom. The number of anilines is 3. The Morgan fingerprint density at radius 1 is 0.417 bits per heavy atom. The number of hydrogen-bond donors (Lipinski definition) is 0. The first kappa shape index (κ1) is 41.6. The molecule has 1 aromatic heterocycles. The van der Waals surface area contributed by atoms with Crippen molar-refractivity contribution in [3.05, 3.63) is 269 Å². The van der Waals surface area contributed by atoms with Crippen LogP contribution in [-0.4, -0.2) is 0 Å². The van der Waals surface area contributed by atoms with Crippen LogP contribution in [0.15, 0.2) is 231 Å². The van der Waals surface area contributed by atoms with E-state index in [1.807, 2.05) is 23.5 Å². The Balaban J connectivity index is 1.00. The number of benzene rings is 11. The molecule has 11 aromatic carbocycles. The molecule has 2 nitrogen and oxygen atoms in total. The molecule has 0 amide bonds. The van der Waals surface area contributed by atoms with Gasteiger partial charge in [0.15, 0.2) is 0 Å². The van der Waals surface area contributed by atoms with E-state index in [2.05, 4.69) is 237 Å². The lowest BCUT2D eigenvalue weighted by Crippen LogP contribution is -2.32. The predicted molar refractivity (Wildman–Crippen MR) is 302 cm³/mol. The van der Waals surface area contributed by atoms with Crippen molar-refractivity contribution in [3.63, 3.8) is 0 Å². The van der Waals surface area contributed by atoms with E-state index < -0.39 is 5.41 Å². The molecular formula is C68H44ClNOS. The Hall–Kier alpha value is -8.21. The minimum Gasteiger partial charge on any atom is -0.457 e. The molecule has 1 atom stereocenters. The molecule has 0 N–H and O–H groups in total. The summed E-state index contributed by atoms with van der Waals surface area (Å²) in [5, 5.41) is 5.63. The Labute approximate surface area is 427 Å². The number of fused-ring (bicyclic) bond motifs is 16. The van der Waals surface area contributed by atoms with E-state index in [9.17, 15) is 0 Å². The van der Waals surface area contributed by atoms with Crippen LogP contribution in [0, 0.1) is 0 Å². The Morgan fingerprint density at radius 3 is 1.94 bits per heavy atom. The van der Waals surface area contributed by atoms with Crippen molar-refractivity contribution in [1.29, 1.82) is 0 Å². The first-order valence-corrected chi connectivity index (χ1v) is 25.9. The van der Waals surface area contributed by atoms with Gasteiger partial charge in [-0.2, -0.15) is 0 Å². The lowest BCUT2D eigenvalue weighted by molar-refractivity contribution is 0.436. The molecule has 12 aromatic rings. The van der Waals surface area contributed by atoms with Crippen LogP contribution in [0.4, 0.5) is 17.1 Å². The summed E-state index contributed by atoms with van der Waals surface area (Å²) in [7, 11) is 0. The van der Waals surface area contributed by atoms with Crippen LogP contribution in [0.5, 0.6) is 11.5 Å². The van der Waals surface area contributed by atoms with E-state index in [0.29, 0.717) is 5.02 Å². The molecule has 15 rings (SSSR count). The van der Waals surface area contributed by atoms with Crippen molar-refractivity contribution in [3.8, 4) is 56.0 Å². The van der Waals surface area contributed by atoms with Crippen LogP contribution in [0.25, 0.3) is 75.5 Å². The van der Waals surface area contributed by atoms with Crippen LogP contribution in [0.1, 0.15) is 47.2 Å². The maximum atomic E-state index is 7.00. The highest BCUT2D eigenvalue weighted by Gasteiger charge is 2.52. The van der Waals surface area contributed by atoms with E-state index in [1.165, 1.54) is 97.7 Å². The maximum Gasteiger partial charge on any atom is 0.132 e. The van der Waals surface area contributed by atoms with Crippen molar-refractivity contribution in [2.75, 3.05) is 4.90 Å². The fourth-order valence-corrected chi connectivity index (χ4v) is 14.2. The summed E-state index contributed by atoms with van der Waals surface area (Å²) in [6.07, 6.45) is 0. The van der Waals surface area contributed by atoms with E-state index in [0.717, 1.165) is 39.7 Å². The SMILES string of the molecule is CC1(C)c2ccccc2-c2ccc(-c3ccc(N(c4cc(-c5cccc6ccccc56)c5sc6ccccc6c5c4)c4cccc5c4-c4ccccc4C54c5ccccc5Oc5ccc(Cl)cc54)cc3)cc21. The third-order valence-electron chi connectivity index (χ3n) is 16.0. The second-order valence-corrected chi connectivity index (χ2v) is 21.5. The summed E-state index contributed by atoms with van der Waals surface area (Å²) >= 11 is 8.88. The zero-order valence-corrected chi connectivity index (χ0v) is 41.2. The second-order valence-electron chi connectivity index (χ2n) is 20.0. The fourth-order valence-electron chi connectivity index (χ4n) is 12.8. The van der Waals surface area contributed by atoms with E-state index in [1.54, 1.807) is 0 Å². The normalized spacial score (nSPS) is 15.4. The van der Waals surface area contributed by atoms with Gasteiger partial charge < -0.3 is 9.64 Å². The predicted octanol–water partition coefficient (Wildman–Crippen LogP) is 19.4. The van der Waals surface area contributed by atoms with Crippen LogP contribution in [-0.2, 0) is 10.8 Å². The molecule has 1 aliphatic heterocycles. The first-order valence-electron chi connectivity index (χ1n) is 24.8. The number of para-hydroxylation sites is 1. The van der Waals surface area contributed by atoms with Crippen molar-refractivity contribution in [1.82, 2.24) is 0 Å². The smallest absolute Gasteiger partial charge is 0.132 e. The van der Waals surface area contributed by atoms with Gasteiger partial charge in [-0.25, -0.2) is 0 Å². The lowest BCUT2D eigenvalue weighted by Gasteiger charge is -2.39. The van der Waals surface area contributed by atoms with Gasteiger partial charge in [-0.3, -0.25) is 0 Å². The summed E-state index contributed by atoms with van der Waals surface area (Å²) in [6, 6.07) is 85.0. The highest BCUT2D eigenvalue weighted by molar-refractivity contribution is 7.26. The van der Waals surface area contributed by atoms with Gasteiger partial charge >= 0.3 is 0 Å². The minimum atomic E-state index is -0.699. The minimum absolute atomic E-state index is 0.0942. The van der Waals surface area contributed by atoms with Gasteiger partial charge in [0, 0.05) is 64.2 Å². The largest absolute Gasteiger partial charge is 0.457 e. The zero-order valence-electron chi connectivity index (χ0n) is 39.6. The van der Waals surface area contributed by atoms with Crippen LogP contribution < -0.4 is 9.64 Å².